The fraction of sp³-hybridized carbons (Fsp3) is 0.438. The van der Waals surface area contributed by atoms with E-state index in [1.807, 2.05) is 0 Å². The number of rotatable bonds is 3. The van der Waals surface area contributed by atoms with Crippen LogP contribution >= 0.6 is 12.6 Å². The minimum Gasteiger partial charge on any atom is -0.372 e. The first-order valence-corrected chi connectivity index (χ1v) is 8.00. The van der Waals surface area contributed by atoms with Crippen molar-refractivity contribution < 1.29 is 0 Å². The number of hydrogen-bond donors (Lipinski definition) is 3. The van der Waals surface area contributed by atoms with Crippen LogP contribution in [0.15, 0.2) is 23.2 Å². The first-order chi connectivity index (χ1) is 9.79. The third-order valence-corrected chi connectivity index (χ3v) is 3.70. The van der Waals surface area contributed by atoms with Gasteiger partial charge in [-0.3, -0.25) is 4.99 Å². The number of nitrogens with zero attached hydrogens (tertiary/aromatic N) is 1. The molecule has 0 spiro atoms. The normalized spacial score (nSPS) is 13.7. The highest BCUT2D eigenvalue weighted by molar-refractivity contribution is 7.79. The number of aromatic nitrogens is 1. The highest BCUT2D eigenvalue weighted by Gasteiger charge is 2.14. The molecule has 1 aromatic carbocycles. The van der Waals surface area contributed by atoms with Gasteiger partial charge in [0.05, 0.1) is 6.54 Å². The van der Waals surface area contributed by atoms with Gasteiger partial charge in [-0.05, 0) is 36.8 Å². The SMILES string of the molecule is CCc1cccc2[nH]c(C)c(CC3=NCCN3)c12.CS. The van der Waals surface area contributed by atoms with Crippen molar-refractivity contribution in [2.75, 3.05) is 19.3 Å². The minimum atomic E-state index is 0.914. The van der Waals surface area contributed by atoms with Crippen LogP contribution in [0.3, 0.4) is 0 Å². The molecule has 0 aliphatic carbocycles. The second kappa shape index (κ2) is 6.84. The van der Waals surface area contributed by atoms with E-state index in [1.54, 1.807) is 6.26 Å². The Morgan fingerprint density at radius 2 is 2.10 bits per heavy atom. The summed E-state index contributed by atoms with van der Waals surface area (Å²) in [6.45, 7) is 6.27. The summed E-state index contributed by atoms with van der Waals surface area (Å²) in [5.74, 6) is 1.13. The lowest BCUT2D eigenvalue weighted by Gasteiger charge is -2.06. The van der Waals surface area contributed by atoms with Crippen LogP contribution in [0.2, 0.25) is 0 Å². The minimum absolute atomic E-state index is 0.914. The number of aromatic amines is 1. The van der Waals surface area contributed by atoms with E-state index in [4.69, 9.17) is 0 Å². The van der Waals surface area contributed by atoms with E-state index in [9.17, 15) is 0 Å². The Balaban J connectivity index is 0.000000704. The largest absolute Gasteiger partial charge is 0.372 e. The van der Waals surface area contributed by atoms with Gasteiger partial charge in [0.15, 0.2) is 0 Å². The third kappa shape index (κ3) is 2.85. The van der Waals surface area contributed by atoms with Crippen molar-refractivity contribution >= 4 is 29.4 Å². The Kier molecular flexibility index (Phi) is 5.12. The van der Waals surface area contributed by atoms with Crippen molar-refractivity contribution in [2.24, 2.45) is 4.99 Å². The van der Waals surface area contributed by atoms with Crippen LogP contribution in [0.1, 0.15) is 23.7 Å². The van der Waals surface area contributed by atoms with Crippen molar-refractivity contribution in [3.8, 4) is 0 Å². The van der Waals surface area contributed by atoms with E-state index in [1.165, 1.54) is 27.7 Å². The summed E-state index contributed by atoms with van der Waals surface area (Å²) in [5, 5.41) is 4.76. The molecular weight excluding hydrogens is 266 g/mol. The van der Waals surface area contributed by atoms with Crippen molar-refractivity contribution in [3.05, 3.63) is 35.0 Å². The van der Waals surface area contributed by atoms with Crippen molar-refractivity contribution in [3.63, 3.8) is 0 Å². The topological polar surface area (TPSA) is 40.2 Å². The number of fused-ring (bicyclic) bond motifs is 1. The zero-order valence-corrected chi connectivity index (χ0v) is 13.3. The molecule has 0 bridgehead atoms. The summed E-state index contributed by atoms with van der Waals surface area (Å²) in [6, 6.07) is 6.52. The van der Waals surface area contributed by atoms with Gasteiger partial charge in [0, 0.05) is 29.6 Å². The Morgan fingerprint density at radius 1 is 1.30 bits per heavy atom. The Bertz CT molecular complexity index is 613. The predicted molar refractivity (Wildman–Crippen MR) is 91.3 cm³/mol. The maximum atomic E-state index is 4.51. The van der Waals surface area contributed by atoms with Gasteiger partial charge in [0.2, 0.25) is 0 Å². The Morgan fingerprint density at radius 3 is 2.75 bits per heavy atom. The van der Waals surface area contributed by atoms with Gasteiger partial charge in [-0.2, -0.15) is 12.6 Å². The molecule has 108 valence electrons. The lowest BCUT2D eigenvalue weighted by atomic mass is 10.0. The molecule has 0 radical (unpaired) electrons. The third-order valence-electron chi connectivity index (χ3n) is 3.70. The number of hydrogen-bond acceptors (Lipinski definition) is 3. The molecule has 3 rings (SSSR count). The van der Waals surface area contributed by atoms with Gasteiger partial charge < -0.3 is 10.3 Å². The van der Waals surface area contributed by atoms with E-state index >= 15 is 0 Å². The zero-order chi connectivity index (χ0) is 14.5. The standard InChI is InChI=1S/C15H19N3.CH4S/c1-3-11-5-4-6-13-15(11)12(10(2)18-13)9-14-16-7-8-17-14;1-2/h4-6,18H,3,7-9H2,1-2H3,(H,16,17);2H,1H3. The summed E-state index contributed by atoms with van der Waals surface area (Å²) in [6.07, 6.45) is 3.68. The van der Waals surface area contributed by atoms with Crippen LogP contribution in [0.25, 0.3) is 10.9 Å². The molecule has 0 fully saturated rings. The van der Waals surface area contributed by atoms with Gasteiger partial charge in [0.25, 0.3) is 0 Å². The van der Waals surface area contributed by atoms with Crippen molar-refractivity contribution in [1.29, 1.82) is 0 Å². The summed E-state index contributed by atoms with van der Waals surface area (Å²) >= 11 is 3.53. The molecule has 3 nitrogen and oxygen atoms in total. The average Bonchev–Trinajstić information content (AvgIpc) is 3.10. The lowest BCUT2D eigenvalue weighted by molar-refractivity contribution is 0.953. The Hall–Kier alpha value is -1.42. The molecular formula is C16H23N3S. The van der Waals surface area contributed by atoms with Crippen LogP contribution in [-0.2, 0) is 12.8 Å². The van der Waals surface area contributed by atoms with Crippen molar-refractivity contribution in [2.45, 2.75) is 26.7 Å². The first kappa shape index (κ1) is 15.0. The molecule has 0 atom stereocenters. The molecule has 2 aromatic rings. The summed E-state index contributed by atoms with van der Waals surface area (Å²) in [4.78, 5) is 8.00. The number of H-pyrrole nitrogens is 1. The smallest absolute Gasteiger partial charge is 0.101 e. The number of amidine groups is 1. The molecule has 0 amide bonds. The van der Waals surface area contributed by atoms with Crippen LogP contribution in [0, 0.1) is 6.92 Å². The molecule has 0 unspecified atom stereocenters. The fourth-order valence-electron chi connectivity index (χ4n) is 2.77. The van der Waals surface area contributed by atoms with Gasteiger partial charge in [-0.15, -0.1) is 0 Å². The molecule has 4 heteroatoms. The number of thiol groups is 1. The second-order valence-electron chi connectivity index (χ2n) is 4.85. The number of aryl methyl sites for hydroxylation is 2. The monoisotopic (exact) mass is 289 g/mol. The number of nitrogens with one attached hydrogen (secondary N) is 2. The summed E-state index contributed by atoms with van der Waals surface area (Å²) in [7, 11) is 0. The Labute approximate surface area is 126 Å². The maximum absolute atomic E-state index is 4.51. The first-order valence-electron chi connectivity index (χ1n) is 7.10. The van der Waals surface area contributed by atoms with Crippen LogP contribution in [-0.4, -0.2) is 30.2 Å². The zero-order valence-electron chi connectivity index (χ0n) is 12.5. The van der Waals surface area contributed by atoms with Crippen LogP contribution in [0.4, 0.5) is 0 Å². The second-order valence-corrected chi connectivity index (χ2v) is 4.85. The molecule has 1 aliphatic heterocycles. The van der Waals surface area contributed by atoms with Gasteiger partial charge in [-0.1, -0.05) is 19.1 Å². The number of aliphatic imine (C=N–C) groups is 1. The van der Waals surface area contributed by atoms with E-state index < -0.39 is 0 Å². The summed E-state index contributed by atoms with van der Waals surface area (Å²) < 4.78 is 0. The lowest BCUT2D eigenvalue weighted by Crippen LogP contribution is -2.20. The summed E-state index contributed by atoms with van der Waals surface area (Å²) in [5.41, 5.74) is 5.34. The van der Waals surface area contributed by atoms with E-state index in [-0.39, 0.29) is 0 Å². The van der Waals surface area contributed by atoms with E-state index in [2.05, 4.69) is 60.0 Å². The van der Waals surface area contributed by atoms with Gasteiger partial charge in [-0.25, -0.2) is 0 Å². The molecule has 20 heavy (non-hydrogen) atoms. The van der Waals surface area contributed by atoms with E-state index in [0.717, 1.165) is 31.8 Å². The molecule has 2 heterocycles. The van der Waals surface area contributed by atoms with Crippen LogP contribution < -0.4 is 5.32 Å². The highest BCUT2D eigenvalue weighted by atomic mass is 32.1. The van der Waals surface area contributed by atoms with Crippen LogP contribution in [0.5, 0.6) is 0 Å². The van der Waals surface area contributed by atoms with Crippen molar-refractivity contribution in [1.82, 2.24) is 10.3 Å². The molecule has 0 saturated heterocycles. The van der Waals surface area contributed by atoms with Gasteiger partial charge >= 0.3 is 0 Å². The maximum Gasteiger partial charge on any atom is 0.101 e. The molecule has 0 saturated carbocycles. The van der Waals surface area contributed by atoms with Gasteiger partial charge in [0.1, 0.15) is 5.84 Å². The molecule has 2 N–H and O–H groups in total. The molecule has 1 aromatic heterocycles. The average molecular weight is 289 g/mol. The predicted octanol–water partition coefficient (Wildman–Crippen LogP) is 3.13. The molecule has 1 aliphatic rings. The fourth-order valence-corrected chi connectivity index (χ4v) is 2.77. The van der Waals surface area contributed by atoms with E-state index in [0.29, 0.717) is 0 Å². The quantitative estimate of drug-likeness (QED) is 0.747. The number of benzene rings is 1. The highest BCUT2D eigenvalue weighted by Crippen LogP contribution is 2.27.